The number of nitrogens with zero attached hydrogens (tertiary/aromatic N) is 5. The van der Waals surface area contributed by atoms with Gasteiger partial charge in [-0.3, -0.25) is 14.8 Å². The van der Waals surface area contributed by atoms with E-state index in [0.717, 1.165) is 23.2 Å². The first kappa shape index (κ1) is 17.7. The topological polar surface area (TPSA) is 53.7 Å². The number of pyridine rings is 2. The molecule has 0 N–H and O–H groups in total. The van der Waals surface area contributed by atoms with E-state index in [1.54, 1.807) is 40.2 Å². The van der Waals surface area contributed by atoms with Crippen LogP contribution in [0.1, 0.15) is 16.1 Å². The number of halogens is 1. The Hall–Kier alpha value is -3.38. The summed E-state index contributed by atoms with van der Waals surface area (Å²) in [6, 6.07) is 15.6. The van der Waals surface area contributed by atoms with Crippen molar-refractivity contribution in [2.24, 2.45) is 0 Å². The van der Waals surface area contributed by atoms with Gasteiger partial charge in [-0.2, -0.15) is 5.10 Å². The van der Waals surface area contributed by atoms with Gasteiger partial charge in [-0.1, -0.05) is 23.7 Å². The predicted molar refractivity (Wildman–Crippen MR) is 113 cm³/mol. The number of amides is 1. The molecule has 0 unspecified atom stereocenters. The first-order valence-corrected chi connectivity index (χ1v) is 9.72. The van der Waals surface area contributed by atoms with Gasteiger partial charge in [-0.15, -0.1) is 0 Å². The molecular formula is C22H18ClN5O. The number of hydrazine groups is 1. The molecule has 6 nitrogen and oxygen atoms in total. The molecule has 0 saturated carbocycles. The van der Waals surface area contributed by atoms with Crippen molar-refractivity contribution in [1.82, 2.24) is 19.6 Å². The fraction of sp³-hybridized carbons (Fsp3) is 0.136. The highest BCUT2D eigenvalue weighted by Gasteiger charge is 2.29. The highest BCUT2D eigenvalue weighted by molar-refractivity contribution is 6.30. The summed E-state index contributed by atoms with van der Waals surface area (Å²) in [5.74, 6) is -0.132. The molecule has 0 spiro atoms. The molecule has 1 aromatic carbocycles. The second-order valence-electron chi connectivity index (χ2n) is 6.99. The Kier molecular flexibility index (Phi) is 4.21. The standard InChI is InChI=1S/C22H18ClN5O/c1-26-21-4-2-3-18(15-7-10-24-11-8-15)19(21)9-12-28(26)22(29)20-13-17-6-5-16(23)14-27(17)25-20/h2-8,10-11,13-14H,9,12H2,1H3. The Balaban J connectivity index is 1.49. The van der Waals surface area contributed by atoms with Crippen molar-refractivity contribution in [3.8, 4) is 11.1 Å². The normalized spacial score (nSPS) is 13.6. The molecule has 7 heteroatoms. The number of carbonyl (C=O) groups excluding carboxylic acids is 1. The van der Waals surface area contributed by atoms with Crippen LogP contribution in [-0.2, 0) is 6.42 Å². The average molecular weight is 404 g/mol. The van der Waals surface area contributed by atoms with Crippen LogP contribution >= 0.6 is 11.6 Å². The van der Waals surface area contributed by atoms with Crippen LogP contribution in [0.2, 0.25) is 5.02 Å². The number of hydrogen-bond donors (Lipinski definition) is 0. The van der Waals surface area contributed by atoms with Crippen LogP contribution in [0.25, 0.3) is 16.6 Å². The van der Waals surface area contributed by atoms with Gasteiger partial charge in [-0.05, 0) is 59.5 Å². The molecule has 1 amide bonds. The molecule has 0 radical (unpaired) electrons. The van der Waals surface area contributed by atoms with Crippen molar-refractivity contribution >= 4 is 28.7 Å². The highest BCUT2D eigenvalue weighted by atomic mass is 35.5. The molecule has 1 aliphatic heterocycles. The summed E-state index contributed by atoms with van der Waals surface area (Å²) < 4.78 is 1.63. The van der Waals surface area contributed by atoms with E-state index in [0.29, 0.717) is 17.3 Å². The number of fused-ring (bicyclic) bond motifs is 2. The van der Waals surface area contributed by atoms with E-state index in [1.165, 1.54) is 11.1 Å². The predicted octanol–water partition coefficient (Wildman–Crippen LogP) is 4.10. The Labute approximate surface area is 172 Å². The number of rotatable bonds is 2. The van der Waals surface area contributed by atoms with Crippen molar-refractivity contribution in [2.45, 2.75) is 6.42 Å². The molecule has 5 rings (SSSR count). The van der Waals surface area contributed by atoms with Gasteiger partial charge in [0.1, 0.15) is 0 Å². The number of aromatic nitrogens is 3. The van der Waals surface area contributed by atoms with Gasteiger partial charge < -0.3 is 0 Å². The average Bonchev–Trinajstić information content (AvgIpc) is 3.17. The lowest BCUT2D eigenvalue weighted by Gasteiger charge is -2.39. The van der Waals surface area contributed by atoms with E-state index in [1.807, 2.05) is 42.4 Å². The molecule has 0 saturated heterocycles. The van der Waals surface area contributed by atoms with Gasteiger partial charge in [0.15, 0.2) is 5.69 Å². The first-order chi connectivity index (χ1) is 14.1. The molecule has 0 fully saturated rings. The largest absolute Gasteiger partial charge is 0.292 e. The van der Waals surface area contributed by atoms with Gasteiger partial charge in [-0.25, -0.2) is 9.52 Å². The van der Waals surface area contributed by atoms with Crippen LogP contribution in [0.5, 0.6) is 0 Å². The minimum Gasteiger partial charge on any atom is -0.285 e. The third kappa shape index (κ3) is 3.02. The lowest BCUT2D eigenvalue weighted by atomic mass is 9.95. The zero-order chi connectivity index (χ0) is 20.0. The molecule has 4 aromatic rings. The smallest absolute Gasteiger partial charge is 0.285 e. The van der Waals surface area contributed by atoms with E-state index < -0.39 is 0 Å². The molecule has 0 atom stereocenters. The molecule has 3 aromatic heterocycles. The van der Waals surface area contributed by atoms with E-state index in [4.69, 9.17) is 11.6 Å². The van der Waals surface area contributed by atoms with Crippen LogP contribution in [0.15, 0.2) is 67.1 Å². The lowest BCUT2D eigenvalue weighted by molar-refractivity contribution is 0.0732. The Morgan fingerprint density at radius 1 is 1.10 bits per heavy atom. The molecule has 29 heavy (non-hydrogen) atoms. The van der Waals surface area contributed by atoms with Gasteiger partial charge >= 0.3 is 0 Å². The summed E-state index contributed by atoms with van der Waals surface area (Å²) in [5, 5.41) is 8.65. The number of carbonyl (C=O) groups is 1. The van der Waals surface area contributed by atoms with Crippen molar-refractivity contribution in [2.75, 3.05) is 18.6 Å². The molecule has 1 aliphatic rings. The maximum absolute atomic E-state index is 13.2. The molecule has 0 bridgehead atoms. The van der Waals surface area contributed by atoms with Crippen LogP contribution in [0.4, 0.5) is 5.69 Å². The minimum absolute atomic E-state index is 0.132. The second kappa shape index (κ2) is 6.90. The fourth-order valence-corrected chi connectivity index (χ4v) is 4.03. The van der Waals surface area contributed by atoms with Gasteiger partial charge in [0.05, 0.1) is 16.2 Å². The van der Waals surface area contributed by atoms with Gasteiger partial charge in [0.25, 0.3) is 5.91 Å². The third-order valence-electron chi connectivity index (χ3n) is 5.30. The SMILES string of the molecule is CN1c2cccc(-c3ccncc3)c2CCN1C(=O)c1cc2ccc(Cl)cn2n1. The van der Waals surface area contributed by atoms with Crippen molar-refractivity contribution in [3.05, 3.63) is 83.4 Å². The van der Waals surface area contributed by atoms with Crippen molar-refractivity contribution in [3.63, 3.8) is 0 Å². The first-order valence-electron chi connectivity index (χ1n) is 9.34. The number of anilines is 1. The Bertz CT molecular complexity index is 1220. The molecule has 144 valence electrons. The summed E-state index contributed by atoms with van der Waals surface area (Å²) in [6.07, 6.45) is 6.06. The van der Waals surface area contributed by atoms with E-state index >= 15 is 0 Å². The third-order valence-corrected chi connectivity index (χ3v) is 5.53. The summed E-state index contributed by atoms with van der Waals surface area (Å²) in [4.78, 5) is 17.3. The summed E-state index contributed by atoms with van der Waals surface area (Å²) >= 11 is 6.03. The van der Waals surface area contributed by atoms with Crippen LogP contribution in [0.3, 0.4) is 0 Å². The monoisotopic (exact) mass is 403 g/mol. The van der Waals surface area contributed by atoms with Crippen molar-refractivity contribution < 1.29 is 4.79 Å². The van der Waals surface area contributed by atoms with Crippen LogP contribution in [-0.4, -0.2) is 39.1 Å². The van der Waals surface area contributed by atoms with E-state index in [-0.39, 0.29) is 5.91 Å². The summed E-state index contributed by atoms with van der Waals surface area (Å²) in [7, 11) is 1.92. The van der Waals surface area contributed by atoms with E-state index in [2.05, 4.69) is 16.1 Å². The van der Waals surface area contributed by atoms with E-state index in [9.17, 15) is 4.79 Å². The highest BCUT2D eigenvalue weighted by Crippen LogP contribution is 2.35. The fourth-order valence-electron chi connectivity index (χ4n) is 3.88. The number of hydrogen-bond acceptors (Lipinski definition) is 4. The minimum atomic E-state index is -0.132. The zero-order valence-electron chi connectivity index (χ0n) is 15.8. The number of benzene rings is 1. The second-order valence-corrected chi connectivity index (χ2v) is 7.42. The Morgan fingerprint density at radius 3 is 2.76 bits per heavy atom. The van der Waals surface area contributed by atoms with Gasteiger partial charge in [0, 0.05) is 32.2 Å². The quantitative estimate of drug-likeness (QED) is 0.505. The lowest BCUT2D eigenvalue weighted by Crippen LogP contribution is -2.48. The van der Waals surface area contributed by atoms with Crippen LogP contribution < -0.4 is 5.01 Å². The summed E-state index contributed by atoms with van der Waals surface area (Å²) in [5.41, 5.74) is 5.77. The molecule has 4 heterocycles. The van der Waals surface area contributed by atoms with Crippen molar-refractivity contribution in [1.29, 1.82) is 0 Å². The molecule has 0 aliphatic carbocycles. The molecular weight excluding hydrogens is 386 g/mol. The summed E-state index contributed by atoms with van der Waals surface area (Å²) in [6.45, 7) is 0.582. The van der Waals surface area contributed by atoms with Gasteiger partial charge in [0.2, 0.25) is 0 Å². The maximum Gasteiger partial charge on any atom is 0.292 e. The Morgan fingerprint density at radius 2 is 1.93 bits per heavy atom. The van der Waals surface area contributed by atoms with Crippen LogP contribution in [0, 0.1) is 0 Å². The maximum atomic E-state index is 13.2. The zero-order valence-corrected chi connectivity index (χ0v) is 16.5.